The van der Waals surface area contributed by atoms with Gasteiger partial charge in [-0.2, -0.15) is 0 Å². The minimum absolute atomic E-state index is 0.0197. The van der Waals surface area contributed by atoms with Crippen LogP contribution in [0.4, 0.5) is 0 Å². The number of carbonyl (C=O) groups excluding carboxylic acids is 1. The van der Waals surface area contributed by atoms with Gasteiger partial charge in [-0.15, -0.1) is 0 Å². The van der Waals surface area contributed by atoms with Crippen LogP contribution in [0.5, 0.6) is 0 Å². The van der Waals surface area contributed by atoms with Gasteiger partial charge in [0.05, 0.1) is 6.54 Å². The number of carbonyl (C=O) groups is 1. The van der Waals surface area contributed by atoms with Crippen molar-refractivity contribution in [1.82, 2.24) is 9.13 Å². The number of imidazole rings is 1. The summed E-state index contributed by atoms with van der Waals surface area (Å²) in [5.41, 5.74) is 1.83. The fourth-order valence-corrected chi connectivity index (χ4v) is 2.57. The molecule has 1 aliphatic rings. The van der Waals surface area contributed by atoms with Crippen molar-refractivity contribution < 1.29 is 4.79 Å². The van der Waals surface area contributed by atoms with Gasteiger partial charge in [0.25, 0.3) is 0 Å². The van der Waals surface area contributed by atoms with E-state index in [1.54, 1.807) is 17.0 Å². The number of hydrogen-bond donors (Lipinski definition) is 0. The molecule has 0 N–H and O–H groups in total. The molecular formula is C17H20N2O2. The lowest BCUT2D eigenvalue weighted by Crippen LogP contribution is -2.26. The van der Waals surface area contributed by atoms with Gasteiger partial charge in [0, 0.05) is 24.0 Å². The third kappa shape index (κ3) is 2.99. The second kappa shape index (κ2) is 5.72. The number of benzene rings is 1. The van der Waals surface area contributed by atoms with Gasteiger partial charge >= 0.3 is 5.69 Å². The van der Waals surface area contributed by atoms with Gasteiger partial charge in [-0.1, -0.05) is 37.6 Å². The Kier molecular flexibility index (Phi) is 3.78. The van der Waals surface area contributed by atoms with Crippen LogP contribution in [0.15, 0.2) is 41.5 Å². The van der Waals surface area contributed by atoms with E-state index in [4.69, 9.17) is 0 Å². The minimum atomic E-state index is -0.0755. The summed E-state index contributed by atoms with van der Waals surface area (Å²) in [6.45, 7) is 2.25. The lowest BCUT2D eigenvalue weighted by atomic mass is 10.1. The molecule has 0 aliphatic heterocycles. The standard InChI is InChI=1S/C17H20N2O2/c1-2-3-13-4-6-14(7-5-13)16(20)12-18-10-11-19(17(18)21)15-8-9-15/h4-7,10-11,15H,2-3,8-9,12H2,1H3. The van der Waals surface area contributed by atoms with Crippen LogP contribution in [0.2, 0.25) is 0 Å². The number of hydrogen-bond acceptors (Lipinski definition) is 2. The highest BCUT2D eigenvalue weighted by molar-refractivity contribution is 5.95. The van der Waals surface area contributed by atoms with Crippen LogP contribution in [0.1, 0.15) is 48.1 Å². The van der Waals surface area contributed by atoms with Crippen molar-refractivity contribution in [2.75, 3.05) is 0 Å². The molecule has 1 aromatic heterocycles. The van der Waals surface area contributed by atoms with Crippen LogP contribution in [0.25, 0.3) is 0 Å². The van der Waals surface area contributed by atoms with Crippen LogP contribution in [0.3, 0.4) is 0 Å². The Labute approximate surface area is 124 Å². The Balaban J connectivity index is 1.72. The van der Waals surface area contributed by atoms with E-state index in [0.717, 1.165) is 25.7 Å². The van der Waals surface area contributed by atoms with Crippen LogP contribution in [-0.2, 0) is 13.0 Å². The zero-order valence-corrected chi connectivity index (χ0v) is 12.3. The first-order valence-electron chi connectivity index (χ1n) is 7.58. The second-order valence-corrected chi connectivity index (χ2v) is 5.72. The lowest BCUT2D eigenvalue weighted by Gasteiger charge is -2.04. The van der Waals surface area contributed by atoms with Crippen LogP contribution >= 0.6 is 0 Å². The van der Waals surface area contributed by atoms with E-state index >= 15 is 0 Å². The third-order valence-electron chi connectivity index (χ3n) is 3.94. The number of nitrogens with zero attached hydrogens (tertiary/aromatic N) is 2. The molecule has 1 heterocycles. The van der Waals surface area contributed by atoms with E-state index < -0.39 is 0 Å². The molecule has 0 saturated heterocycles. The maximum Gasteiger partial charge on any atom is 0.328 e. The predicted molar refractivity (Wildman–Crippen MR) is 81.7 cm³/mol. The Bertz CT molecular complexity index is 690. The van der Waals surface area contributed by atoms with Crippen LogP contribution < -0.4 is 5.69 Å². The van der Waals surface area contributed by atoms with E-state index in [1.165, 1.54) is 10.1 Å². The molecule has 4 nitrogen and oxygen atoms in total. The molecule has 0 unspecified atom stereocenters. The smallest absolute Gasteiger partial charge is 0.296 e. The van der Waals surface area contributed by atoms with Gasteiger partial charge in [-0.05, 0) is 24.8 Å². The molecule has 0 amide bonds. The number of ketones is 1. The normalized spacial score (nSPS) is 14.3. The average Bonchev–Trinajstić information content (AvgIpc) is 3.26. The predicted octanol–water partition coefficient (Wildman–Crippen LogP) is 2.82. The first-order chi connectivity index (χ1) is 10.2. The summed E-state index contributed by atoms with van der Waals surface area (Å²) in [5, 5.41) is 0. The Morgan fingerprint density at radius 1 is 1.19 bits per heavy atom. The van der Waals surface area contributed by atoms with Gasteiger partial charge in [0.1, 0.15) is 0 Å². The number of Topliss-reactive ketones (excluding diaryl/α,β-unsaturated/α-hetero) is 1. The van der Waals surface area contributed by atoms with E-state index in [1.807, 2.05) is 24.3 Å². The third-order valence-corrected chi connectivity index (χ3v) is 3.94. The quantitative estimate of drug-likeness (QED) is 0.766. The van der Waals surface area contributed by atoms with Gasteiger partial charge in [0.15, 0.2) is 5.78 Å². The van der Waals surface area contributed by atoms with E-state index in [9.17, 15) is 9.59 Å². The topological polar surface area (TPSA) is 44.0 Å². The van der Waals surface area contributed by atoms with Gasteiger partial charge < -0.3 is 0 Å². The number of aromatic nitrogens is 2. The van der Waals surface area contributed by atoms with Crippen molar-refractivity contribution in [3.63, 3.8) is 0 Å². The number of rotatable bonds is 6. The average molecular weight is 284 g/mol. The van der Waals surface area contributed by atoms with E-state index in [0.29, 0.717) is 11.6 Å². The summed E-state index contributed by atoms with van der Waals surface area (Å²) in [5.74, 6) is -0.0197. The summed E-state index contributed by atoms with van der Waals surface area (Å²) >= 11 is 0. The Morgan fingerprint density at radius 3 is 2.52 bits per heavy atom. The minimum Gasteiger partial charge on any atom is -0.296 e. The Morgan fingerprint density at radius 2 is 1.90 bits per heavy atom. The highest BCUT2D eigenvalue weighted by Crippen LogP contribution is 2.33. The zero-order chi connectivity index (χ0) is 14.8. The summed E-state index contributed by atoms with van der Waals surface area (Å²) in [6.07, 6.45) is 7.75. The number of aryl methyl sites for hydroxylation is 1. The second-order valence-electron chi connectivity index (χ2n) is 5.72. The van der Waals surface area contributed by atoms with Gasteiger partial charge in [-0.25, -0.2) is 4.79 Å². The summed E-state index contributed by atoms with van der Waals surface area (Å²) < 4.78 is 3.23. The largest absolute Gasteiger partial charge is 0.328 e. The molecule has 2 aromatic rings. The lowest BCUT2D eigenvalue weighted by molar-refractivity contribution is 0.0970. The SMILES string of the molecule is CCCc1ccc(C(=O)Cn2ccn(C3CC3)c2=O)cc1. The molecule has 1 aromatic carbocycles. The van der Waals surface area contributed by atoms with Crippen molar-refractivity contribution in [3.8, 4) is 0 Å². The molecule has 1 saturated carbocycles. The van der Waals surface area contributed by atoms with Crippen molar-refractivity contribution in [2.24, 2.45) is 0 Å². The monoisotopic (exact) mass is 284 g/mol. The van der Waals surface area contributed by atoms with E-state index in [-0.39, 0.29) is 18.0 Å². The first-order valence-corrected chi connectivity index (χ1v) is 7.58. The molecule has 1 aliphatic carbocycles. The maximum atomic E-state index is 12.3. The first kappa shape index (κ1) is 13.9. The molecule has 3 rings (SSSR count). The van der Waals surface area contributed by atoms with Gasteiger partial charge in [0.2, 0.25) is 0 Å². The molecule has 1 fully saturated rings. The molecule has 0 atom stereocenters. The molecule has 0 bridgehead atoms. The Hall–Kier alpha value is -2.10. The molecule has 21 heavy (non-hydrogen) atoms. The summed E-state index contributed by atoms with van der Waals surface area (Å²) in [7, 11) is 0. The highest BCUT2D eigenvalue weighted by Gasteiger charge is 2.25. The fraction of sp³-hybridized carbons (Fsp3) is 0.412. The van der Waals surface area contributed by atoms with Crippen molar-refractivity contribution in [3.05, 3.63) is 58.3 Å². The van der Waals surface area contributed by atoms with Crippen LogP contribution in [-0.4, -0.2) is 14.9 Å². The van der Waals surface area contributed by atoms with Gasteiger partial charge in [-0.3, -0.25) is 13.9 Å². The molecule has 4 heteroatoms. The van der Waals surface area contributed by atoms with E-state index in [2.05, 4.69) is 6.92 Å². The maximum absolute atomic E-state index is 12.3. The van der Waals surface area contributed by atoms with Crippen LogP contribution in [0, 0.1) is 0 Å². The van der Waals surface area contributed by atoms with Crippen molar-refractivity contribution in [1.29, 1.82) is 0 Å². The molecule has 110 valence electrons. The molecular weight excluding hydrogens is 264 g/mol. The molecule has 0 radical (unpaired) electrons. The van der Waals surface area contributed by atoms with Crippen molar-refractivity contribution >= 4 is 5.78 Å². The fourth-order valence-electron chi connectivity index (χ4n) is 2.57. The zero-order valence-electron chi connectivity index (χ0n) is 12.3. The molecule has 0 spiro atoms. The summed E-state index contributed by atoms with van der Waals surface area (Å²) in [6, 6.07) is 8.05. The summed E-state index contributed by atoms with van der Waals surface area (Å²) in [4.78, 5) is 24.4. The highest BCUT2D eigenvalue weighted by atomic mass is 16.2. The van der Waals surface area contributed by atoms with Crippen molar-refractivity contribution in [2.45, 2.75) is 45.2 Å².